The highest BCUT2D eigenvalue weighted by Crippen LogP contribution is 2.36. The lowest BCUT2D eigenvalue weighted by Crippen LogP contribution is -2.10. The van der Waals surface area contributed by atoms with E-state index in [0.717, 1.165) is 40.3 Å². The lowest BCUT2D eigenvalue weighted by molar-refractivity contribution is 0.658. The van der Waals surface area contributed by atoms with E-state index in [4.69, 9.17) is 0 Å². The number of benzene rings is 1. The maximum Gasteiger partial charge on any atom is 0.257 e. The smallest absolute Gasteiger partial charge is 0.257 e. The number of fused-ring (bicyclic) bond motifs is 2. The van der Waals surface area contributed by atoms with E-state index in [1.165, 1.54) is 0 Å². The van der Waals surface area contributed by atoms with Gasteiger partial charge in [0.25, 0.3) is 5.56 Å². The fraction of sp³-hybridized carbons (Fsp3) is 0.235. The summed E-state index contributed by atoms with van der Waals surface area (Å²) in [6.45, 7) is 0. The minimum atomic E-state index is -0.0804. The van der Waals surface area contributed by atoms with Crippen molar-refractivity contribution in [1.29, 1.82) is 0 Å². The number of aromatic nitrogens is 5. The van der Waals surface area contributed by atoms with Crippen molar-refractivity contribution in [3.8, 4) is 11.1 Å². The number of hydrogen-bond acceptors (Lipinski definition) is 3. The summed E-state index contributed by atoms with van der Waals surface area (Å²) in [5, 5.41) is 10.8. The van der Waals surface area contributed by atoms with Crippen molar-refractivity contribution in [3.05, 3.63) is 47.0 Å². The Bertz CT molecular complexity index is 1110. The third-order valence-electron chi connectivity index (χ3n) is 4.42. The quantitative estimate of drug-likeness (QED) is 0.619. The van der Waals surface area contributed by atoms with Crippen LogP contribution in [-0.2, 0) is 7.05 Å². The van der Waals surface area contributed by atoms with Crippen LogP contribution in [0.3, 0.4) is 0 Å². The normalized spacial score (nSPS) is 14.8. The molecule has 1 saturated carbocycles. The van der Waals surface area contributed by atoms with Gasteiger partial charge in [-0.1, -0.05) is 6.07 Å². The van der Waals surface area contributed by atoms with Gasteiger partial charge in [-0.2, -0.15) is 10.2 Å². The van der Waals surface area contributed by atoms with Crippen LogP contribution in [-0.4, -0.2) is 24.5 Å². The Morgan fingerprint density at radius 3 is 2.91 bits per heavy atom. The van der Waals surface area contributed by atoms with Gasteiger partial charge >= 0.3 is 0 Å². The zero-order valence-electron chi connectivity index (χ0n) is 12.7. The second kappa shape index (κ2) is 4.32. The average molecular weight is 305 g/mol. The molecule has 1 aromatic carbocycles. The van der Waals surface area contributed by atoms with Gasteiger partial charge in [0, 0.05) is 29.6 Å². The third kappa shape index (κ3) is 1.91. The van der Waals surface area contributed by atoms with Gasteiger partial charge in [0.2, 0.25) is 0 Å². The van der Waals surface area contributed by atoms with Gasteiger partial charge in [0.15, 0.2) is 0 Å². The van der Waals surface area contributed by atoms with Crippen molar-refractivity contribution < 1.29 is 0 Å². The number of nitrogens with zero attached hydrogens (tertiary/aromatic N) is 4. The molecule has 0 atom stereocenters. The Hall–Kier alpha value is -2.89. The fourth-order valence-corrected chi connectivity index (χ4v) is 3.13. The van der Waals surface area contributed by atoms with Crippen LogP contribution < -0.4 is 5.56 Å². The highest BCUT2D eigenvalue weighted by Gasteiger charge is 2.26. The SMILES string of the molecule is Cn1cc2cc(-c3cc4cnn(C5CC5)c4[nH]c3=O)ccc2n1. The molecule has 1 fully saturated rings. The molecule has 6 heteroatoms. The summed E-state index contributed by atoms with van der Waals surface area (Å²) < 4.78 is 3.71. The Labute approximate surface area is 131 Å². The van der Waals surface area contributed by atoms with Crippen LogP contribution in [0.2, 0.25) is 0 Å². The molecule has 1 aliphatic carbocycles. The van der Waals surface area contributed by atoms with Crippen LogP contribution in [0.25, 0.3) is 33.1 Å². The van der Waals surface area contributed by atoms with Gasteiger partial charge in [-0.25, -0.2) is 4.68 Å². The van der Waals surface area contributed by atoms with Crippen LogP contribution in [0, 0.1) is 0 Å². The summed E-state index contributed by atoms with van der Waals surface area (Å²) in [6.07, 6.45) is 6.06. The number of hydrogen-bond donors (Lipinski definition) is 1. The Balaban J connectivity index is 1.71. The van der Waals surface area contributed by atoms with E-state index in [2.05, 4.69) is 15.2 Å². The molecular weight excluding hydrogens is 290 g/mol. The van der Waals surface area contributed by atoms with Crippen molar-refractivity contribution >= 4 is 21.9 Å². The van der Waals surface area contributed by atoms with Gasteiger partial charge in [-0.05, 0) is 36.6 Å². The summed E-state index contributed by atoms with van der Waals surface area (Å²) in [6, 6.07) is 8.27. The monoisotopic (exact) mass is 305 g/mol. The summed E-state index contributed by atoms with van der Waals surface area (Å²) in [7, 11) is 1.89. The van der Waals surface area contributed by atoms with E-state index in [1.54, 1.807) is 4.68 Å². The summed E-state index contributed by atoms with van der Waals surface area (Å²) in [5.74, 6) is 0. The zero-order valence-corrected chi connectivity index (χ0v) is 12.7. The van der Waals surface area contributed by atoms with Crippen molar-refractivity contribution in [3.63, 3.8) is 0 Å². The molecular formula is C17H15N5O. The molecule has 0 unspecified atom stereocenters. The Morgan fingerprint density at radius 1 is 1.22 bits per heavy atom. The first-order valence-corrected chi connectivity index (χ1v) is 7.73. The number of pyridine rings is 1. The maximum atomic E-state index is 12.6. The van der Waals surface area contributed by atoms with Crippen molar-refractivity contribution in [2.45, 2.75) is 18.9 Å². The molecule has 0 saturated heterocycles. The maximum absolute atomic E-state index is 12.6. The van der Waals surface area contributed by atoms with Crippen molar-refractivity contribution in [2.24, 2.45) is 7.05 Å². The van der Waals surface area contributed by atoms with E-state index in [0.29, 0.717) is 11.6 Å². The number of aryl methyl sites for hydroxylation is 1. The molecule has 23 heavy (non-hydrogen) atoms. The first kappa shape index (κ1) is 12.6. The topological polar surface area (TPSA) is 68.5 Å². The molecule has 5 rings (SSSR count). The van der Waals surface area contributed by atoms with E-state index in [9.17, 15) is 4.79 Å². The second-order valence-electron chi connectivity index (χ2n) is 6.21. The average Bonchev–Trinajstić information content (AvgIpc) is 3.18. The second-order valence-corrected chi connectivity index (χ2v) is 6.21. The van der Waals surface area contributed by atoms with Gasteiger partial charge in [-0.15, -0.1) is 0 Å². The number of nitrogens with one attached hydrogen (secondary N) is 1. The molecule has 1 aliphatic rings. The fourth-order valence-electron chi connectivity index (χ4n) is 3.13. The predicted molar refractivity (Wildman–Crippen MR) is 88.3 cm³/mol. The first-order valence-electron chi connectivity index (χ1n) is 7.73. The standard InChI is InChI=1S/C17H15N5O/c1-21-9-12-6-10(2-5-15(12)20-21)14-7-11-8-18-22(13-3-4-13)16(11)19-17(14)23/h2,5-9,13H,3-4H2,1H3,(H,19,23). The number of H-pyrrole nitrogens is 1. The number of rotatable bonds is 2. The Morgan fingerprint density at radius 2 is 2.09 bits per heavy atom. The van der Waals surface area contributed by atoms with Crippen LogP contribution in [0.4, 0.5) is 0 Å². The van der Waals surface area contributed by atoms with Crippen LogP contribution in [0.15, 0.2) is 41.5 Å². The molecule has 0 aliphatic heterocycles. The molecule has 6 nitrogen and oxygen atoms in total. The molecule has 0 bridgehead atoms. The molecule has 0 amide bonds. The van der Waals surface area contributed by atoms with E-state index < -0.39 is 0 Å². The largest absolute Gasteiger partial charge is 0.306 e. The first-order chi connectivity index (χ1) is 11.2. The van der Waals surface area contributed by atoms with Crippen molar-refractivity contribution in [2.75, 3.05) is 0 Å². The van der Waals surface area contributed by atoms with Crippen molar-refractivity contribution in [1.82, 2.24) is 24.5 Å². The van der Waals surface area contributed by atoms with E-state index in [-0.39, 0.29) is 5.56 Å². The minimum Gasteiger partial charge on any atom is -0.306 e. The van der Waals surface area contributed by atoms with Gasteiger partial charge in [0.1, 0.15) is 5.65 Å². The van der Waals surface area contributed by atoms with E-state index in [1.807, 2.05) is 48.4 Å². The van der Waals surface area contributed by atoms with Crippen LogP contribution in [0.5, 0.6) is 0 Å². The molecule has 1 N–H and O–H groups in total. The number of aromatic amines is 1. The molecule has 0 spiro atoms. The van der Waals surface area contributed by atoms with Gasteiger partial charge in [0.05, 0.1) is 17.8 Å². The van der Waals surface area contributed by atoms with Crippen LogP contribution >= 0.6 is 0 Å². The zero-order chi connectivity index (χ0) is 15.6. The third-order valence-corrected chi connectivity index (χ3v) is 4.42. The predicted octanol–water partition coefficient (Wildman–Crippen LogP) is 2.61. The molecule has 114 valence electrons. The molecule has 4 aromatic rings. The minimum absolute atomic E-state index is 0.0804. The highest BCUT2D eigenvalue weighted by molar-refractivity contribution is 5.86. The van der Waals surface area contributed by atoms with Gasteiger partial charge in [-0.3, -0.25) is 9.48 Å². The van der Waals surface area contributed by atoms with E-state index >= 15 is 0 Å². The lowest BCUT2D eigenvalue weighted by Gasteiger charge is -2.03. The summed E-state index contributed by atoms with van der Waals surface area (Å²) >= 11 is 0. The lowest BCUT2D eigenvalue weighted by atomic mass is 10.0. The summed E-state index contributed by atoms with van der Waals surface area (Å²) in [4.78, 5) is 15.6. The van der Waals surface area contributed by atoms with Crippen LogP contribution in [0.1, 0.15) is 18.9 Å². The molecule has 3 heterocycles. The molecule has 3 aromatic heterocycles. The Kier molecular flexibility index (Phi) is 2.37. The molecule has 0 radical (unpaired) electrons. The van der Waals surface area contributed by atoms with Gasteiger partial charge < -0.3 is 4.98 Å². The highest BCUT2D eigenvalue weighted by atomic mass is 16.1. The summed E-state index contributed by atoms with van der Waals surface area (Å²) in [5.41, 5.74) is 3.23.